The van der Waals surface area contributed by atoms with Crippen LogP contribution in [-0.2, 0) is 27.8 Å². The molecule has 0 bridgehead atoms. The van der Waals surface area contributed by atoms with E-state index < -0.39 is 10.0 Å². The maximum atomic E-state index is 12.4. The number of hydrogen-bond acceptors (Lipinski definition) is 6. The Hall–Kier alpha value is -1.91. The standard InChI is InChI=1S/C11H18N6O3S/c1-8-11(10(5-12)15-14-8)21(18,19)16-9-6-13-17(7-9)3-4-20-2/h6-7,16H,3-5,12H2,1-2H3,(H,14,15). The van der Waals surface area contributed by atoms with Crippen molar-refractivity contribution in [2.45, 2.75) is 24.9 Å². The van der Waals surface area contributed by atoms with Gasteiger partial charge in [-0.3, -0.25) is 14.5 Å². The third-order valence-electron chi connectivity index (χ3n) is 2.83. The van der Waals surface area contributed by atoms with E-state index in [1.807, 2.05) is 0 Å². The van der Waals surface area contributed by atoms with Gasteiger partial charge in [0.25, 0.3) is 10.0 Å². The van der Waals surface area contributed by atoms with Crippen LogP contribution in [-0.4, -0.2) is 42.1 Å². The van der Waals surface area contributed by atoms with Crippen LogP contribution in [0.4, 0.5) is 5.69 Å². The van der Waals surface area contributed by atoms with Crippen LogP contribution in [0.3, 0.4) is 0 Å². The number of nitrogens with zero attached hydrogens (tertiary/aromatic N) is 3. The summed E-state index contributed by atoms with van der Waals surface area (Å²) in [5.74, 6) is 0. The molecule has 0 amide bonds. The van der Waals surface area contributed by atoms with E-state index in [9.17, 15) is 8.42 Å². The number of rotatable bonds is 7. The summed E-state index contributed by atoms with van der Waals surface area (Å²) in [7, 11) is -2.17. The number of nitrogens with one attached hydrogen (secondary N) is 2. The first-order valence-corrected chi connectivity index (χ1v) is 7.74. The zero-order valence-electron chi connectivity index (χ0n) is 11.8. The summed E-state index contributed by atoms with van der Waals surface area (Å²) in [6.07, 6.45) is 3.03. The van der Waals surface area contributed by atoms with E-state index in [4.69, 9.17) is 10.5 Å². The lowest BCUT2D eigenvalue weighted by molar-refractivity contribution is 0.183. The lowest BCUT2D eigenvalue weighted by Crippen LogP contribution is -2.16. The second-order valence-corrected chi connectivity index (χ2v) is 6.04. The van der Waals surface area contributed by atoms with Crippen LogP contribution in [0.1, 0.15) is 11.4 Å². The maximum absolute atomic E-state index is 12.4. The minimum absolute atomic E-state index is 0.0354. The molecular formula is C11H18N6O3S. The molecule has 9 nitrogen and oxygen atoms in total. The fourth-order valence-electron chi connectivity index (χ4n) is 1.89. The van der Waals surface area contributed by atoms with Crippen molar-refractivity contribution in [2.24, 2.45) is 5.73 Å². The summed E-state index contributed by atoms with van der Waals surface area (Å²) < 4.78 is 33.8. The van der Waals surface area contributed by atoms with Crippen LogP contribution in [0, 0.1) is 6.92 Å². The van der Waals surface area contributed by atoms with Gasteiger partial charge in [0, 0.05) is 19.9 Å². The molecule has 0 aliphatic carbocycles. The number of ether oxygens (including phenoxy) is 1. The van der Waals surface area contributed by atoms with Crippen LogP contribution in [0.15, 0.2) is 17.3 Å². The van der Waals surface area contributed by atoms with E-state index in [0.717, 1.165) is 0 Å². The van der Waals surface area contributed by atoms with Gasteiger partial charge in [-0.2, -0.15) is 10.2 Å². The molecule has 0 saturated heterocycles. The number of nitrogens with two attached hydrogens (primary N) is 1. The molecule has 4 N–H and O–H groups in total. The van der Waals surface area contributed by atoms with Crippen LogP contribution in [0.2, 0.25) is 0 Å². The molecule has 10 heteroatoms. The van der Waals surface area contributed by atoms with Crippen molar-refractivity contribution in [3.63, 3.8) is 0 Å². The topological polar surface area (TPSA) is 128 Å². The lowest BCUT2D eigenvalue weighted by Gasteiger charge is -2.06. The number of sulfonamides is 1. The van der Waals surface area contributed by atoms with Gasteiger partial charge in [-0.05, 0) is 6.92 Å². The van der Waals surface area contributed by atoms with E-state index in [1.54, 1.807) is 24.9 Å². The van der Waals surface area contributed by atoms with Crippen molar-refractivity contribution < 1.29 is 13.2 Å². The Balaban J connectivity index is 2.21. The molecular weight excluding hydrogens is 296 g/mol. The molecule has 2 aromatic rings. The fourth-order valence-corrected chi connectivity index (χ4v) is 3.30. The Morgan fingerprint density at radius 2 is 2.29 bits per heavy atom. The highest BCUT2D eigenvalue weighted by Gasteiger charge is 2.24. The highest BCUT2D eigenvalue weighted by Crippen LogP contribution is 2.20. The summed E-state index contributed by atoms with van der Waals surface area (Å²) in [6, 6.07) is 0. The van der Waals surface area contributed by atoms with Gasteiger partial charge in [-0.1, -0.05) is 0 Å². The van der Waals surface area contributed by atoms with Crippen molar-refractivity contribution in [2.75, 3.05) is 18.4 Å². The van der Waals surface area contributed by atoms with Gasteiger partial charge < -0.3 is 10.5 Å². The number of hydrogen-bond donors (Lipinski definition) is 3. The highest BCUT2D eigenvalue weighted by atomic mass is 32.2. The van der Waals surface area contributed by atoms with Crippen molar-refractivity contribution >= 4 is 15.7 Å². The van der Waals surface area contributed by atoms with Gasteiger partial charge in [-0.15, -0.1) is 0 Å². The molecule has 21 heavy (non-hydrogen) atoms. The third kappa shape index (κ3) is 3.40. The second-order valence-electron chi connectivity index (χ2n) is 4.42. The Kier molecular flexibility index (Phi) is 4.60. The predicted molar refractivity (Wildman–Crippen MR) is 76.1 cm³/mol. The number of H-pyrrole nitrogens is 1. The quantitative estimate of drug-likeness (QED) is 0.650. The van der Waals surface area contributed by atoms with Crippen LogP contribution in [0.5, 0.6) is 0 Å². The molecule has 2 aromatic heterocycles. The fraction of sp³-hybridized carbons (Fsp3) is 0.455. The Bertz CT molecular complexity index is 705. The molecule has 0 saturated carbocycles. The third-order valence-corrected chi connectivity index (χ3v) is 4.42. The molecule has 2 heterocycles. The van der Waals surface area contributed by atoms with E-state index in [-0.39, 0.29) is 11.4 Å². The van der Waals surface area contributed by atoms with Gasteiger partial charge in [0.2, 0.25) is 0 Å². The molecule has 0 aromatic carbocycles. The van der Waals surface area contributed by atoms with Crippen molar-refractivity contribution in [3.05, 3.63) is 23.8 Å². The smallest absolute Gasteiger partial charge is 0.265 e. The zero-order chi connectivity index (χ0) is 15.5. The number of aromatic amines is 1. The highest BCUT2D eigenvalue weighted by molar-refractivity contribution is 7.92. The number of methoxy groups -OCH3 is 1. The minimum atomic E-state index is -3.76. The summed E-state index contributed by atoms with van der Waals surface area (Å²) >= 11 is 0. The molecule has 0 aliphatic rings. The van der Waals surface area contributed by atoms with E-state index in [2.05, 4.69) is 20.0 Å². The van der Waals surface area contributed by atoms with Crippen LogP contribution >= 0.6 is 0 Å². The SMILES string of the molecule is COCCn1cc(NS(=O)(=O)c2c(CN)n[nH]c2C)cn1. The van der Waals surface area contributed by atoms with Crippen LogP contribution in [0.25, 0.3) is 0 Å². The first-order chi connectivity index (χ1) is 9.97. The monoisotopic (exact) mass is 314 g/mol. The summed E-state index contributed by atoms with van der Waals surface area (Å²) in [6.45, 7) is 2.69. The van der Waals surface area contributed by atoms with Gasteiger partial charge >= 0.3 is 0 Å². The zero-order valence-corrected chi connectivity index (χ0v) is 12.6. The van der Waals surface area contributed by atoms with Crippen molar-refractivity contribution in [1.29, 1.82) is 0 Å². The first-order valence-electron chi connectivity index (χ1n) is 6.26. The molecule has 0 unspecified atom stereocenters. The Morgan fingerprint density at radius 1 is 1.52 bits per heavy atom. The summed E-state index contributed by atoms with van der Waals surface area (Å²) in [4.78, 5) is 0.0784. The first kappa shape index (κ1) is 15.5. The molecule has 116 valence electrons. The Labute approximate surface area is 122 Å². The van der Waals surface area contributed by atoms with Gasteiger partial charge in [0.05, 0.1) is 36.4 Å². The summed E-state index contributed by atoms with van der Waals surface area (Å²) in [5.41, 5.74) is 6.62. The van der Waals surface area contributed by atoms with Gasteiger partial charge in [-0.25, -0.2) is 8.42 Å². The summed E-state index contributed by atoms with van der Waals surface area (Å²) in [5, 5.41) is 10.6. The maximum Gasteiger partial charge on any atom is 0.265 e. The second kappa shape index (κ2) is 6.24. The molecule has 0 spiro atoms. The Morgan fingerprint density at radius 3 is 2.95 bits per heavy atom. The van der Waals surface area contributed by atoms with E-state index in [0.29, 0.717) is 30.2 Å². The number of anilines is 1. The minimum Gasteiger partial charge on any atom is -0.383 e. The van der Waals surface area contributed by atoms with Crippen molar-refractivity contribution in [3.8, 4) is 0 Å². The van der Waals surface area contributed by atoms with E-state index in [1.165, 1.54) is 6.20 Å². The largest absolute Gasteiger partial charge is 0.383 e. The molecule has 0 atom stereocenters. The van der Waals surface area contributed by atoms with Crippen molar-refractivity contribution in [1.82, 2.24) is 20.0 Å². The van der Waals surface area contributed by atoms with Gasteiger partial charge in [0.15, 0.2) is 0 Å². The lowest BCUT2D eigenvalue weighted by atomic mass is 10.4. The molecule has 0 aliphatic heterocycles. The molecule has 0 fully saturated rings. The number of aryl methyl sites for hydroxylation is 1. The van der Waals surface area contributed by atoms with E-state index >= 15 is 0 Å². The number of aromatic nitrogens is 4. The molecule has 0 radical (unpaired) electrons. The predicted octanol–water partition coefficient (Wildman–Crippen LogP) is -0.179. The molecule has 2 rings (SSSR count). The normalized spacial score (nSPS) is 11.8. The average molecular weight is 314 g/mol. The van der Waals surface area contributed by atoms with Crippen LogP contribution < -0.4 is 10.5 Å². The average Bonchev–Trinajstić information content (AvgIpc) is 3.02. The van der Waals surface area contributed by atoms with Gasteiger partial charge in [0.1, 0.15) is 4.90 Å².